The van der Waals surface area contributed by atoms with E-state index in [9.17, 15) is 18.4 Å². The number of para-hydroxylation sites is 1. The summed E-state index contributed by atoms with van der Waals surface area (Å²) in [5.74, 6) is -0.238. The van der Waals surface area contributed by atoms with Gasteiger partial charge >= 0.3 is 6.18 Å². The highest BCUT2D eigenvalue weighted by atomic mass is 19.4. The number of alkyl halides is 3. The van der Waals surface area contributed by atoms with E-state index in [1.54, 1.807) is 24.3 Å². The van der Waals surface area contributed by atoms with Gasteiger partial charge in [0.15, 0.2) is 5.82 Å². The predicted octanol–water partition coefficient (Wildman–Crippen LogP) is 4.28. The van der Waals surface area contributed by atoms with Gasteiger partial charge in [-0.25, -0.2) is 0 Å². The number of aromatic nitrogens is 3. The van der Waals surface area contributed by atoms with Crippen molar-refractivity contribution < 1.29 is 13.2 Å². The van der Waals surface area contributed by atoms with Gasteiger partial charge in [0.05, 0.1) is 11.1 Å². The second-order valence-electron chi connectivity index (χ2n) is 5.59. The Kier molecular flexibility index (Phi) is 5.22. The van der Waals surface area contributed by atoms with Crippen LogP contribution >= 0.6 is 0 Å². The predicted molar refractivity (Wildman–Crippen MR) is 98.9 cm³/mol. The van der Waals surface area contributed by atoms with Crippen molar-refractivity contribution in [3.05, 3.63) is 71.5 Å². The number of hydrogen-bond donors (Lipinski definition) is 2. The quantitative estimate of drug-likeness (QED) is 0.653. The molecule has 0 radical (unpaired) electrons. The number of nitrogen functional groups attached to an aromatic ring is 1. The summed E-state index contributed by atoms with van der Waals surface area (Å²) in [6.45, 7) is 0. The van der Waals surface area contributed by atoms with Crippen molar-refractivity contribution in [2.45, 2.75) is 6.18 Å². The maximum Gasteiger partial charge on any atom is 0.416 e. The van der Waals surface area contributed by atoms with Crippen LogP contribution in [-0.2, 0) is 6.18 Å². The van der Waals surface area contributed by atoms with Gasteiger partial charge in [-0.05, 0) is 29.8 Å². The Morgan fingerprint density at radius 1 is 1.00 bits per heavy atom. The largest absolute Gasteiger partial charge is 0.416 e. The van der Waals surface area contributed by atoms with Gasteiger partial charge in [-0.3, -0.25) is 0 Å². The highest BCUT2D eigenvalue weighted by Crippen LogP contribution is 2.33. The van der Waals surface area contributed by atoms with Crippen LogP contribution in [0.25, 0.3) is 11.6 Å². The Bertz CT molecular complexity index is 1060. The van der Waals surface area contributed by atoms with Gasteiger partial charge in [0.25, 0.3) is 0 Å². The van der Waals surface area contributed by atoms with E-state index in [0.717, 1.165) is 12.1 Å². The summed E-state index contributed by atoms with van der Waals surface area (Å²) in [5, 5.41) is 12.3. The molecule has 1 heterocycles. The minimum atomic E-state index is -4.56. The van der Waals surface area contributed by atoms with Crippen molar-refractivity contribution in [3.8, 4) is 6.07 Å². The van der Waals surface area contributed by atoms with Gasteiger partial charge in [0.1, 0.15) is 6.07 Å². The lowest BCUT2D eigenvalue weighted by Crippen LogP contribution is -2.08. The van der Waals surface area contributed by atoms with Crippen molar-refractivity contribution in [1.82, 2.24) is 15.0 Å². The Labute approximate surface area is 158 Å². The van der Waals surface area contributed by atoms with Gasteiger partial charge in [0, 0.05) is 5.69 Å². The highest BCUT2D eigenvalue weighted by Gasteiger charge is 2.32. The molecule has 0 fully saturated rings. The lowest BCUT2D eigenvalue weighted by atomic mass is 10.0. The van der Waals surface area contributed by atoms with Crippen LogP contribution in [0.5, 0.6) is 0 Å². The zero-order chi connectivity index (χ0) is 20.1. The smallest absolute Gasteiger partial charge is 0.368 e. The van der Waals surface area contributed by atoms with E-state index in [0.29, 0.717) is 5.69 Å². The van der Waals surface area contributed by atoms with E-state index in [2.05, 4.69) is 20.3 Å². The number of benzene rings is 2. The molecular formula is C19H13F3N6. The molecular weight excluding hydrogens is 369 g/mol. The number of nitrogens with zero attached hydrogens (tertiary/aromatic N) is 4. The third kappa shape index (κ3) is 4.42. The molecule has 0 amide bonds. The molecule has 0 aliphatic carbocycles. The normalized spacial score (nSPS) is 11.7. The molecule has 9 heteroatoms. The third-order valence-electron chi connectivity index (χ3n) is 3.61. The van der Waals surface area contributed by atoms with E-state index in [4.69, 9.17) is 5.73 Å². The molecule has 0 spiro atoms. The molecule has 0 saturated heterocycles. The van der Waals surface area contributed by atoms with Crippen molar-refractivity contribution in [3.63, 3.8) is 0 Å². The summed E-state index contributed by atoms with van der Waals surface area (Å²) in [7, 11) is 0. The van der Waals surface area contributed by atoms with E-state index in [1.807, 2.05) is 12.1 Å². The maximum atomic E-state index is 13.2. The van der Waals surface area contributed by atoms with E-state index < -0.39 is 11.7 Å². The first-order chi connectivity index (χ1) is 13.4. The number of halogens is 3. The SMILES string of the molecule is N#C/C(=C\c1ccccc1C(F)(F)F)c1nc(N)nc(Nc2ccccc2)n1. The first-order valence-electron chi connectivity index (χ1n) is 7.99. The summed E-state index contributed by atoms with van der Waals surface area (Å²) in [6, 6.07) is 15.7. The van der Waals surface area contributed by atoms with Crippen LogP contribution in [0.4, 0.5) is 30.8 Å². The fraction of sp³-hybridized carbons (Fsp3) is 0.0526. The Morgan fingerprint density at radius 3 is 2.36 bits per heavy atom. The first-order valence-corrected chi connectivity index (χ1v) is 7.99. The minimum absolute atomic E-state index is 0.0685. The minimum Gasteiger partial charge on any atom is -0.368 e. The Morgan fingerprint density at radius 2 is 1.68 bits per heavy atom. The molecule has 2 aromatic carbocycles. The van der Waals surface area contributed by atoms with E-state index >= 15 is 0 Å². The van der Waals surface area contributed by atoms with Crippen molar-refractivity contribution in [2.24, 2.45) is 0 Å². The van der Waals surface area contributed by atoms with Crippen LogP contribution in [0.3, 0.4) is 0 Å². The molecule has 6 nitrogen and oxygen atoms in total. The number of nitrogens with one attached hydrogen (secondary N) is 1. The van der Waals surface area contributed by atoms with Crippen LogP contribution in [0.2, 0.25) is 0 Å². The summed E-state index contributed by atoms with van der Waals surface area (Å²) >= 11 is 0. The second kappa shape index (κ2) is 7.75. The summed E-state index contributed by atoms with van der Waals surface area (Å²) in [4.78, 5) is 11.9. The average Bonchev–Trinajstić information content (AvgIpc) is 2.66. The molecule has 3 aromatic rings. The average molecular weight is 382 g/mol. The van der Waals surface area contributed by atoms with Crippen LogP contribution in [0.15, 0.2) is 54.6 Å². The lowest BCUT2D eigenvalue weighted by Gasteiger charge is -2.10. The number of hydrogen-bond acceptors (Lipinski definition) is 6. The number of nitriles is 1. The molecule has 0 bridgehead atoms. The number of nitrogens with two attached hydrogens (primary N) is 1. The second-order valence-corrected chi connectivity index (χ2v) is 5.59. The summed E-state index contributed by atoms with van der Waals surface area (Å²) in [5.41, 5.74) is 5.12. The number of rotatable bonds is 4. The fourth-order valence-corrected chi connectivity index (χ4v) is 2.40. The monoisotopic (exact) mass is 382 g/mol. The molecule has 0 saturated carbocycles. The van der Waals surface area contributed by atoms with Gasteiger partial charge in [-0.2, -0.15) is 33.4 Å². The zero-order valence-corrected chi connectivity index (χ0v) is 14.3. The fourth-order valence-electron chi connectivity index (χ4n) is 2.40. The first kappa shape index (κ1) is 18.8. The molecule has 0 aliphatic rings. The molecule has 0 aliphatic heterocycles. The van der Waals surface area contributed by atoms with Crippen LogP contribution in [-0.4, -0.2) is 15.0 Å². The molecule has 1 aromatic heterocycles. The van der Waals surface area contributed by atoms with Crippen molar-refractivity contribution in [2.75, 3.05) is 11.1 Å². The molecule has 3 N–H and O–H groups in total. The Hall–Kier alpha value is -3.93. The van der Waals surface area contributed by atoms with E-state index in [-0.39, 0.29) is 28.9 Å². The molecule has 140 valence electrons. The van der Waals surface area contributed by atoms with Crippen LogP contribution in [0, 0.1) is 11.3 Å². The standard InChI is InChI=1S/C19H13F3N6/c20-19(21,22)15-9-5-4-6-12(15)10-13(11-23)16-26-17(24)28-18(27-16)25-14-7-2-1-3-8-14/h1-10H,(H3,24,25,26,27,28)/b13-10+. The number of allylic oxidation sites excluding steroid dienone is 1. The molecule has 0 unspecified atom stereocenters. The zero-order valence-electron chi connectivity index (χ0n) is 14.3. The maximum absolute atomic E-state index is 13.2. The van der Waals surface area contributed by atoms with Crippen LogP contribution in [0.1, 0.15) is 17.0 Å². The van der Waals surface area contributed by atoms with Gasteiger partial charge in [0.2, 0.25) is 11.9 Å². The molecule has 3 rings (SSSR count). The number of anilines is 3. The summed E-state index contributed by atoms with van der Waals surface area (Å²) in [6.07, 6.45) is -3.49. The van der Waals surface area contributed by atoms with E-state index in [1.165, 1.54) is 18.2 Å². The van der Waals surface area contributed by atoms with Crippen molar-refractivity contribution >= 4 is 29.2 Å². The third-order valence-corrected chi connectivity index (χ3v) is 3.61. The lowest BCUT2D eigenvalue weighted by molar-refractivity contribution is -0.137. The van der Waals surface area contributed by atoms with Gasteiger partial charge in [-0.1, -0.05) is 36.4 Å². The molecule has 28 heavy (non-hydrogen) atoms. The Balaban J connectivity index is 2.02. The van der Waals surface area contributed by atoms with Gasteiger partial charge in [-0.15, -0.1) is 0 Å². The topological polar surface area (TPSA) is 101 Å². The summed E-state index contributed by atoms with van der Waals surface area (Å²) < 4.78 is 39.6. The van der Waals surface area contributed by atoms with Gasteiger partial charge < -0.3 is 11.1 Å². The van der Waals surface area contributed by atoms with Crippen LogP contribution < -0.4 is 11.1 Å². The van der Waals surface area contributed by atoms with Crippen molar-refractivity contribution in [1.29, 1.82) is 5.26 Å². The molecule has 0 atom stereocenters. The highest BCUT2D eigenvalue weighted by molar-refractivity contribution is 5.88.